The van der Waals surface area contributed by atoms with E-state index in [1.54, 1.807) is 0 Å². The molecule has 0 unspecified atom stereocenters. The molecule has 0 aromatic heterocycles. The zero-order valence-electron chi connectivity index (χ0n) is 9.15. The van der Waals surface area contributed by atoms with Crippen LogP contribution >= 0.6 is 0 Å². The first-order chi connectivity index (χ1) is 6.97. The van der Waals surface area contributed by atoms with Gasteiger partial charge in [0.1, 0.15) is 17.5 Å². The van der Waals surface area contributed by atoms with Crippen molar-refractivity contribution in [2.75, 3.05) is 0 Å². The quantitative estimate of drug-likeness (QED) is 0.708. The van der Waals surface area contributed by atoms with Crippen LogP contribution < -0.4 is 0 Å². The molecular weight excluding hydrogens is 201 g/mol. The second-order valence-corrected chi connectivity index (χ2v) is 4.04. The van der Waals surface area contributed by atoms with Gasteiger partial charge >= 0.3 is 0 Å². The minimum Gasteiger partial charge on any atom is -0.207 e. The molecule has 0 N–H and O–H groups in total. The number of hydrogen-bond donors (Lipinski definition) is 0. The van der Waals surface area contributed by atoms with Crippen LogP contribution in [0.2, 0.25) is 0 Å². The lowest BCUT2D eigenvalue weighted by Crippen LogP contribution is -2.10. The molecule has 0 aliphatic rings. The average molecular weight is 216 g/mol. The van der Waals surface area contributed by atoms with Crippen molar-refractivity contribution in [1.82, 2.24) is 0 Å². The van der Waals surface area contributed by atoms with E-state index in [1.807, 2.05) is 20.8 Å². The molecule has 0 aliphatic heterocycles. The summed E-state index contributed by atoms with van der Waals surface area (Å²) < 4.78 is 39.6. The molecule has 0 fully saturated rings. The maximum Gasteiger partial charge on any atom is 0.132 e. The molecule has 0 nitrogen and oxygen atoms in total. The van der Waals surface area contributed by atoms with Crippen LogP contribution in [-0.2, 0) is 0 Å². The van der Waals surface area contributed by atoms with E-state index in [4.69, 9.17) is 0 Å². The van der Waals surface area contributed by atoms with E-state index in [-0.39, 0.29) is 17.4 Å². The zero-order valence-corrected chi connectivity index (χ0v) is 9.15. The van der Waals surface area contributed by atoms with Gasteiger partial charge in [0, 0.05) is 17.7 Å². The van der Waals surface area contributed by atoms with Gasteiger partial charge in [-0.15, -0.1) is 0 Å². The lowest BCUT2D eigenvalue weighted by Gasteiger charge is -2.20. The van der Waals surface area contributed by atoms with Crippen LogP contribution in [0, 0.1) is 23.4 Å². The summed E-state index contributed by atoms with van der Waals surface area (Å²) in [4.78, 5) is 0. The largest absolute Gasteiger partial charge is 0.207 e. The Balaban J connectivity index is 3.23. The molecule has 1 rings (SSSR count). The number of benzene rings is 1. The predicted octanol–water partition coefficient (Wildman–Crippen LogP) is 4.25. The standard InChI is InChI=1S/C12H15F3/c1-4-9(7(2)3)12-10(14)5-8(13)6-11(12)15/h5-7,9H,4H2,1-3H3/t9-/m0/s1. The van der Waals surface area contributed by atoms with Gasteiger partial charge in [-0.3, -0.25) is 0 Å². The molecule has 0 saturated heterocycles. The highest BCUT2D eigenvalue weighted by Crippen LogP contribution is 2.31. The van der Waals surface area contributed by atoms with Gasteiger partial charge in [0.05, 0.1) is 0 Å². The Morgan fingerprint density at radius 2 is 1.53 bits per heavy atom. The van der Waals surface area contributed by atoms with Crippen molar-refractivity contribution < 1.29 is 13.2 Å². The molecule has 0 radical (unpaired) electrons. The normalized spacial score (nSPS) is 13.3. The Hall–Kier alpha value is -0.990. The molecule has 1 aromatic rings. The summed E-state index contributed by atoms with van der Waals surface area (Å²) in [5.41, 5.74) is 0.00824. The molecule has 0 heterocycles. The van der Waals surface area contributed by atoms with Gasteiger partial charge in [0.25, 0.3) is 0 Å². The molecule has 0 amide bonds. The lowest BCUT2D eigenvalue weighted by molar-refractivity contribution is 0.429. The van der Waals surface area contributed by atoms with Crippen LogP contribution in [0.15, 0.2) is 12.1 Å². The van der Waals surface area contributed by atoms with Crippen molar-refractivity contribution in [1.29, 1.82) is 0 Å². The first-order valence-corrected chi connectivity index (χ1v) is 5.11. The molecular formula is C12H15F3. The van der Waals surface area contributed by atoms with Crippen molar-refractivity contribution in [2.45, 2.75) is 33.1 Å². The minimum absolute atomic E-state index is 0.00824. The van der Waals surface area contributed by atoms with E-state index in [2.05, 4.69) is 0 Å². The summed E-state index contributed by atoms with van der Waals surface area (Å²) in [6.45, 7) is 5.67. The van der Waals surface area contributed by atoms with Crippen molar-refractivity contribution in [3.05, 3.63) is 35.1 Å². The molecule has 15 heavy (non-hydrogen) atoms. The maximum absolute atomic E-state index is 13.4. The Morgan fingerprint density at radius 3 is 1.87 bits per heavy atom. The van der Waals surface area contributed by atoms with Crippen LogP contribution in [0.25, 0.3) is 0 Å². The van der Waals surface area contributed by atoms with E-state index < -0.39 is 17.5 Å². The third-order valence-corrected chi connectivity index (χ3v) is 2.66. The Kier molecular flexibility index (Phi) is 3.77. The fourth-order valence-corrected chi connectivity index (χ4v) is 1.92. The van der Waals surface area contributed by atoms with Crippen LogP contribution in [0.3, 0.4) is 0 Å². The highest BCUT2D eigenvalue weighted by Gasteiger charge is 2.22. The summed E-state index contributed by atoms with van der Waals surface area (Å²) in [6.07, 6.45) is 0.636. The molecule has 0 bridgehead atoms. The van der Waals surface area contributed by atoms with Crippen molar-refractivity contribution >= 4 is 0 Å². The number of hydrogen-bond acceptors (Lipinski definition) is 0. The second-order valence-electron chi connectivity index (χ2n) is 4.04. The second kappa shape index (κ2) is 4.69. The van der Waals surface area contributed by atoms with Crippen LogP contribution in [0.1, 0.15) is 38.7 Å². The van der Waals surface area contributed by atoms with Crippen LogP contribution in [-0.4, -0.2) is 0 Å². The smallest absolute Gasteiger partial charge is 0.132 e. The zero-order chi connectivity index (χ0) is 11.6. The minimum atomic E-state index is -0.868. The molecule has 1 aromatic carbocycles. The topological polar surface area (TPSA) is 0 Å². The van der Waals surface area contributed by atoms with E-state index in [1.165, 1.54) is 0 Å². The van der Waals surface area contributed by atoms with Crippen molar-refractivity contribution in [3.8, 4) is 0 Å². The van der Waals surface area contributed by atoms with Gasteiger partial charge in [-0.25, -0.2) is 13.2 Å². The summed E-state index contributed by atoms with van der Waals surface area (Å²) in [7, 11) is 0. The average Bonchev–Trinajstić information content (AvgIpc) is 2.09. The predicted molar refractivity (Wildman–Crippen MR) is 54.2 cm³/mol. The lowest BCUT2D eigenvalue weighted by atomic mass is 9.86. The van der Waals surface area contributed by atoms with Crippen LogP contribution in [0.5, 0.6) is 0 Å². The van der Waals surface area contributed by atoms with Gasteiger partial charge < -0.3 is 0 Å². The third kappa shape index (κ3) is 2.52. The molecule has 0 spiro atoms. The molecule has 0 saturated carbocycles. The highest BCUT2D eigenvalue weighted by atomic mass is 19.1. The van der Waals surface area contributed by atoms with Crippen molar-refractivity contribution in [2.24, 2.45) is 5.92 Å². The molecule has 1 atom stereocenters. The fourth-order valence-electron chi connectivity index (χ4n) is 1.92. The first kappa shape index (κ1) is 12.1. The van der Waals surface area contributed by atoms with E-state index >= 15 is 0 Å². The molecule has 0 aliphatic carbocycles. The fraction of sp³-hybridized carbons (Fsp3) is 0.500. The van der Waals surface area contributed by atoms with E-state index in [0.29, 0.717) is 6.42 Å². The van der Waals surface area contributed by atoms with Gasteiger partial charge in [0.15, 0.2) is 0 Å². The summed E-state index contributed by atoms with van der Waals surface area (Å²) in [6, 6.07) is 1.48. The Morgan fingerprint density at radius 1 is 1.07 bits per heavy atom. The molecule has 3 heteroatoms. The summed E-state index contributed by atoms with van der Waals surface area (Å²) >= 11 is 0. The Bertz CT molecular complexity index is 322. The maximum atomic E-state index is 13.4. The van der Waals surface area contributed by atoms with Gasteiger partial charge in [0.2, 0.25) is 0 Å². The van der Waals surface area contributed by atoms with Gasteiger partial charge in [-0.05, 0) is 18.3 Å². The summed E-state index contributed by atoms with van der Waals surface area (Å²) in [5.74, 6) is -2.51. The monoisotopic (exact) mass is 216 g/mol. The van der Waals surface area contributed by atoms with E-state index in [0.717, 1.165) is 12.1 Å². The number of halogens is 3. The van der Waals surface area contributed by atoms with Crippen molar-refractivity contribution in [3.63, 3.8) is 0 Å². The number of rotatable bonds is 3. The summed E-state index contributed by atoms with van der Waals surface area (Å²) in [5, 5.41) is 0. The highest BCUT2D eigenvalue weighted by molar-refractivity contribution is 5.25. The first-order valence-electron chi connectivity index (χ1n) is 5.11. The van der Waals surface area contributed by atoms with Gasteiger partial charge in [-0.2, -0.15) is 0 Å². The van der Waals surface area contributed by atoms with Crippen LogP contribution in [0.4, 0.5) is 13.2 Å². The third-order valence-electron chi connectivity index (χ3n) is 2.66. The Labute approximate surface area is 88.1 Å². The van der Waals surface area contributed by atoms with E-state index in [9.17, 15) is 13.2 Å². The molecule has 84 valence electrons. The SMILES string of the molecule is CC[C@H](c1c(F)cc(F)cc1F)C(C)C. The van der Waals surface area contributed by atoms with Gasteiger partial charge in [-0.1, -0.05) is 20.8 Å².